The minimum Gasteiger partial charge on any atom is -0.482 e. The van der Waals surface area contributed by atoms with Crippen molar-refractivity contribution in [3.63, 3.8) is 0 Å². The molecule has 0 radical (unpaired) electrons. The van der Waals surface area contributed by atoms with Crippen LogP contribution in [-0.2, 0) is 32.2 Å². The largest absolute Gasteiger partial charge is 0.482 e. The highest BCUT2D eigenvalue weighted by molar-refractivity contribution is 7.90. The number of benzene rings is 2. The summed E-state index contributed by atoms with van der Waals surface area (Å²) in [4.78, 5) is 11.6. The second kappa shape index (κ2) is 9.89. The number of halogens is 2. The number of carbonyl (C=O) groups excluding carboxylic acids is 1. The Bertz CT molecular complexity index is 1260. The number of nitrogens with zero attached hydrogens (tertiary/aromatic N) is 3. The van der Waals surface area contributed by atoms with Gasteiger partial charge >= 0.3 is 5.97 Å². The number of aryl methyl sites for hydroxylation is 1. The summed E-state index contributed by atoms with van der Waals surface area (Å²) in [5.41, 5.74) is 1.24. The Kier molecular flexibility index (Phi) is 7.43. The predicted octanol–water partition coefficient (Wildman–Crippen LogP) is 4.01. The van der Waals surface area contributed by atoms with Crippen molar-refractivity contribution in [2.45, 2.75) is 24.5 Å². The third kappa shape index (κ3) is 5.40. The quantitative estimate of drug-likeness (QED) is 0.433. The zero-order valence-electron chi connectivity index (χ0n) is 17.6. The lowest BCUT2D eigenvalue weighted by Gasteiger charge is -2.11. The second-order valence-corrected chi connectivity index (χ2v) is 9.71. The molecule has 170 valence electrons. The second-order valence-electron chi connectivity index (χ2n) is 6.91. The molecular weight excluding hydrogens is 477 g/mol. The molecule has 2 aromatic carbocycles. The topological polar surface area (TPSA) is 100 Å². The summed E-state index contributed by atoms with van der Waals surface area (Å²) in [5.74, 6) is 0.292. The van der Waals surface area contributed by atoms with Crippen molar-refractivity contribution in [3.8, 4) is 17.1 Å². The van der Waals surface area contributed by atoms with Crippen molar-refractivity contribution < 1.29 is 22.7 Å². The van der Waals surface area contributed by atoms with Crippen LogP contribution in [0.5, 0.6) is 5.75 Å². The Morgan fingerprint density at radius 3 is 2.50 bits per heavy atom. The van der Waals surface area contributed by atoms with Gasteiger partial charge in [-0.15, -0.1) is 10.2 Å². The van der Waals surface area contributed by atoms with Crippen LogP contribution >= 0.6 is 23.2 Å². The van der Waals surface area contributed by atoms with Gasteiger partial charge in [0.15, 0.2) is 22.3 Å². The van der Waals surface area contributed by atoms with E-state index in [1.54, 1.807) is 43.7 Å². The highest BCUT2D eigenvalue weighted by Crippen LogP contribution is 2.29. The molecule has 0 saturated heterocycles. The molecule has 3 aromatic rings. The van der Waals surface area contributed by atoms with Crippen LogP contribution in [0.15, 0.2) is 41.3 Å². The normalized spacial score (nSPS) is 11.4. The number of hydrogen-bond acceptors (Lipinski definition) is 7. The van der Waals surface area contributed by atoms with Gasteiger partial charge in [-0.2, -0.15) is 0 Å². The number of ether oxygens (including phenoxy) is 2. The minimum absolute atomic E-state index is 0.109. The van der Waals surface area contributed by atoms with Crippen LogP contribution in [-0.4, -0.2) is 42.4 Å². The van der Waals surface area contributed by atoms with E-state index in [-0.39, 0.29) is 29.7 Å². The van der Waals surface area contributed by atoms with E-state index in [9.17, 15) is 13.2 Å². The van der Waals surface area contributed by atoms with Crippen LogP contribution in [0.4, 0.5) is 0 Å². The fourth-order valence-electron chi connectivity index (χ4n) is 2.94. The maximum Gasteiger partial charge on any atom is 0.344 e. The van der Waals surface area contributed by atoms with Crippen molar-refractivity contribution in [2.24, 2.45) is 7.05 Å². The van der Waals surface area contributed by atoms with Crippen LogP contribution < -0.4 is 4.74 Å². The summed E-state index contributed by atoms with van der Waals surface area (Å²) in [6.45, 7) is 3.40. The number of sulfone groups is 1. The van der Waals surface area contributed by atoms with E-state index in [0.29, 0.717) is 32.7 Å². The summed E-state index contributed by atoms with van der Waals surface area (Å²) < 4.78 is 37.8. The fourth-order valence-corrected chi connectivity index (χ4v) is 4.63. The molecule has 0 unspecified atom stereocenters. The molecule has 0 fully saturated rings. The molecule has 1 aromatic heterocycles. The van der Waals surface area contributed by atoms with Gasteiger partial charge in [-0.05, 0) is 55.8 Å². The summed E-state index contributed by atoms with van der Waals surface area (Å²) in [7, 11) is -2.04. The van der Waals surface area contributed by atoms with E-state index in [1.165, 1.54) is 18.2 Å². The third-order valence-electron chi connectivity index (χ3n) is 4.62. The molecular formula is C21H21Cl2N3O5S. The molecule has 3 rings (SSSR count). The molecule has 0 saturated carbocycles. The Balaban J connectivity index is 1.79. The van der Waals surface area contributed by atoms with Crippen LogP contribution in [0.25, 0.3) is 11.4 Å². The molecule has 0 bridgehead atoms. The van der Waals surface area contributed by atoms with Crippen molar-refractivity contribution >= 4 is 39.0 Å². The first kappa shape index (κ1) is 24.0. The molecule has 32 heavy (non-hydrogen) atoms. The number of esters is 1. The van der Waals surface area contributed by atoms with E-state index in [1.807, 2.05) is 0 Å². The van der Waals surface area contributed by atoms with Crippen molar-refractivity contribution in [2.75, 3.05) is 13.2 Å². The highest BCUT2D eigenvalue weighted by Gasteiger charge is 2.22. The maximum atomic E-state index is 13.0. The van der Waals surface area contributed by atoms with Gasteiger partial charge in [-0.3, -0.25) is 0 Å². The molecule has 0 N–H and O–H groups in total. The molecule has 0 amide bonds. The first-order valence-electron chi connectivity index (χ1n) is 9.58. The van der Waals surface area contributed by atoms with Gasteiger partial charge in [-0.1, -0.05) is 23.2 Å². The number of carbonyl (C=O) groups is 1. The van der Waals surface area contributed by atoms with Gasteiger partial charge in [0, 0.05) is 12.6 Å². The van der Waals surface area contributed by atoms with E-state index >= 15 is 0 Å². The molecule has 0 aliphatic heterocycles. The number of aromatic nitrogens is 3. The molecule has 8 nitrogen and oxygen atoms in total. The number of rotatable bonds is 8. The predicted molar refractivity (Wildman–Crippen MR) is 121 cm³/mol. The van der Waals surface area contributed by atoms with Crippen LogP contribution in [0, 0.1) is 6.92 Å². The monoisotopic (exact) mass is 497 g/mol. The molecule has 0 atom stereocenters. The molecule has 0 aliphatic rings. The van der Waals surface area contributed by atoms with E-state index < -0.39 is 15.8 Å². The summed E-state index contributed by atoms with van der Waals surface area (Å²) in [6, 6.07) is 9.45. The van der Waals surface area contributed by atoms with Gasteiger partial charge < -0.3 is 14.0 Å². The minimum atomic E-state index is -3.72. The van der Waals surface area contributed by atoms with Crippen molar-refractivity contribution in [1.82, 2.24) is 14.8 Å². The van der Waals surface area contributed by atoms with Crippen LogP contribution in [0.3, 0.4) is 0 Å². The average molecular weight is 498 g/mol. The first-order valence-corrected chi connectivity index (χ1v) is 12.0. The summed E-state index contributed by atoms with van der Waals surface area (Å²) in [6.07, 6.45) is 0. The smallest absolute Gasteiger partial charge is 0.344 e. The van der Waals surface area contributed by atoms with Gasteiger partial charge in [0.1, 0.15) is 17.3 Å². The SMILES string of the molecule is CCOC(=O)COc1ccc(S(=O)(=O)Cc2nnc(-c3ccc(Cl)c(Cl)c3)n2C)cc1C. The Morgan fingerprint density at radius 2 is 1.84 bits per heavy atom. The summed E-state index contributed by atoms with van der Waals surface area (Å²) >= 11 is 12.0. The first-order chi connectivity index (χ1) is 15.1. The van der Waals surface area contributed by atoms with E-state index in [2.05, 4.69) is 10.2 Å². The Labute approximate surface area is 196 Å². The lowest BCUT2D eigenvalue weighted by atomic mass is 10.2. The molecule has 1 heterocycles. The van der Waals surface area contributed by atoms with Gasteiger partial charge in [0.2, 0.25) is 0 Å². The maximum absolute atomic E-state index is 13.0. The van der Waals surface area contributed by atoms with Crippen molar-refractivity contribution in [3.05, 3.63) is 57.8 Å². The fraction of sp³-hybridized carbons (Fsp3) is 0.286. The average Bonchev–Trinajstić information content (AvgIpc) is 3.09. The standard InChI is InChI=1S/C21H21Cl2N3O5S/c1-4-30-20(27)11-31-18-8-6-15(9-13(18)2)32(28,29)12-19-24-25-21(26(19)3)14-5-7-16(22)17(23)10-14/h5-10H,4,11-12H2,1-3H3. The third-order valence-corrected chi connectivity index (χ3v) is 6.97. The van der Waals surface area contributed by atoms with E-state index in [4.69, 9.17) is 32.7 Å². The molecule has 0 spiro atoms. The lowest BCUT2D eigenvalue weighted by molar-refractivity contribution is -0.145. The number of hydrogen-bond donors (Lipinski definition) is 0. The zero-order chi connectivity index (χ0) is 23.5. The van der Waals surface area contributed by atoms with Crippen LogP contribution in [0.1, 0.15) is 18.3 Å². The molecule has 0 aliphatic carbocycles. The Morgan fingerprint density at radius 1 is 1.09 bits per heavy atom. The van der Waals surface area contributed by atoms with Gasteiger partial charge in [0.05, 0.1) is 21.5 Å². The summed E-state index contributed by atoms with van der Waals surface area (Å²) in [5, 5.41) is 8.92. The lowest BCUT2D eigenvalue weighted by Crippen LogP contribution is -2.15. The van der Waals surface area contributed by atoms with Crippen LogP contribution in [0.2, 0.25) is 10.0 Å². The van der Waals surface area contributed by atoms with Gasteiger partial charge in [-0.25, -0.2) is 13.2 Å². The van der Waals surface area contributed by atoms with Gasteiger partial charge in [0.25, 0.3) is 0 Å². The highest BCUT2D eigenvalue weighted by atomic mass is 35.5. The Hall–Kier alpha value is -2.62. The van der Waals surface area contributed by atoms with Crippen molar-refractivity contribution in [1.29, 1.82) is 0 Å². The molecule has 11 heteroatoms. The van der Waals surface area contributed by atoms with E-state index in [0.717, 1.165) is 0 Å². The zero-order valence-corrected chi connectivity index (χ0v) is 20.0.